The topological polar surface area (TPSA) is 157 Å². The van der Waals surface area contributed by atoms with Crippen LogP contribution in [0.3, 0.4) is 0 Å². The maximum atomic E-state index is 13.1. The molecule has 0 radical (unpaired) electrons. The van der Waals surface area contributed by atoms with Crippen LogP contribution < -0.4 is 31.1 Å². The second kappa shape index (κ2) is 11.0. The van der Waals surface area contributed by atoms with Crippen molar-refractivity contribution in [2.45, 2.75) is 75.5 Å². The van der Waals surface area contributed by atoms with Gasteiger partial charge in [0.2, 0.25) is 23.6 Å². The summed E-state index contributed by atoms with van der Waals surface area (Å²) in [5.74, 6) is -2.02. The van der Waals surface area contributed by atoms with Gasteiger partial charge < -0.3 is 10.6 Å². The number of anilines is 2. The highest BCUT2D eigenvalue weighted by atomic mass is 16.2. The monoisotopic (exact) mass is 524 g/mol. The van der Waals surface area contributed by atoms with Crippen LogP contribution in [0, 0.1) is 0 Å². The molecule has 38 heavy (non-hydrogen) atoms. The van der Waals surface area contributed by atoms with Crippen LogP contribution in [0.5, 0.6) is 0 Å². The molecule has 0 unspecified atom stereocenters. The van der Waals surface area contributed by atoms with Crippen molar-refractivity contribution in [2.24, 2.45) is 0 Å². The number of amides is 6. The van der Waals surface area contributed by atoms with Crippen LogP contribution in [0.25, 0.3) is 0 Å². The summed E-state index contributed by atoms with van der Waals surface area (Å²) >= 11 is 0. The minimum absolute atomic E-state index is 0.0600. The van der Waals surface area contributed by atoms with Gasteiger partial charge in [-0.25, -0.2) is 9.80 Å². The molecule has 1 aromatic rings. The molecule has 0 saturated carbocycles. The predicted molar refractivity (Wildman–Crippen MR) is 136 cm³/mol. The molecule has 4 heterocycles. The Bertz CT molecular complexity index is 1060. The maximum absolute atomic E-state index is 13.1. The van der Waals surface area contributed by atoms with E-state index in [0.717, 1.165) is 35.5 Å². The maximum Gasteiger partial charge on any atom is 0.251 e. The van der Waals surface area contributed by atoms with Gasteiger partial charge in [-0.3, -0.25) is 39.4 Å². The molecule has 0 aromatic heterocycles. The molecule has 4 saturated heterocycles. The van der Waals surface area contributed by atoms with E-state index in [0.29, 0.717) is 37.3 Å². The first-order valence-electron chi connectivity index (χ1n) is 13.2. The minimum Gasteiger partial charge on any atom is -0.355 e. The Labute approximate surface area is 219 Å². The zero-order valence-corrected chi connectivity index (χ0v) is 21.0. The first kappa shape index (κ1) is 26.0. The van der Waals surface area contributed by atoms with Crippen LogP contribution in [0.2, 0.25) is 0 Å². The van der Waals surface area contributed by atoms with Gasteiger partial charge >= 0.3 is 0 Å². The van der Waals surface area contributed by atoms with Gasteiger partial charge in [-0.15, -0.1) is 0 Å². The summed E-state index contributed by atoms with van der Waals surface area (Å²) in [7, 11) is 0. The van der Waals surface area contributed by atoms with E-state index in [4.69, 9.17) is 0 Å². The highest BCUT2D eigenvalue weighted by Crippen LogP contribution is 2.29. The number of imide groups is 2. The molecule has 4 N–H and O–H groups in total. The third-order valence-corrected chi connectivity index (χ3v) is 7.53. The summed E-state index contributed by atoms with van der Waals surface area (Å²) < 4.78 is 0. The predicted octanol–water partition coefficient (Wildman–Crippen LogP) is -0.533. The Morgan fingerprint density at radius 3 is 1.37 bits per heavy atom. The van der Waals surface area contributed by atoms with Gasteiger partial charge in [-0.05, 0) is 62.8 Å². The largest absolute Gasteiger partial charge is 0.355 e. The highest BCUT2D eigenvalue weighted by Gasteiger charge is 2.43. The number of hydrogen-bond donors (Lipinski definition) is 4. The Morgan fingerprint density at radius 1 is 0.579 bits per heavy atom. The molecule has 202 valence electrons. The molecule has 0 aliphatic carbocycles. The van der Waals surface area contributed by atoms with Gasteiger partial charge in [0.1, 0.15) is 0 Å². The standard InChI is InChI=1S/C26H32N6O6/c33-21-13-19(29-17-5-1-3-11-27-23(17)35)25(37)31(21)15-7-9-16(10-8-15)32-22(34)14-20(26(32)38)30-18-6-2-4-12-28-24(18)36/h7-10,17-20,29-30H,1-6,11-14H2,(H,27,35)(H,28,36)/t17-,18+,19-,20-/m0/s1. The van der Waals surface area contributed by atoms with Gasteiger partial charge in [-0.2, -0.15) is 0 Å². The number of rotatable bonds is 6. The molecular weight excluding hydrogens is 492 g/mol. The van der Waals surface area contributed by atoms with Gasteiger partial charge in [0, 0.05) is 13.1 Å². The van der Waals surface area contributed by atoms with Crippen LogP contribution in [0.4, 0.5) is 11.4 Å². The van der Waals surface area contributed by atoms with Gasteiger partial charge in [0.15, 0.2) is 0 Å². The molecule has 0 spiro atoms. The number of carbonyl (C=O) groups excluding carboxylic acids is 6. The van der Waals surface area contributed by atoms with Gasteiger partial charge in [0.05, 0.1) is 48.4 Å². The lowest BCUT2D eigenvalue weighted by atomic mass is 10.1. The lowest BCUT2D eigenvalue weighted by molar-refractivity contribution is -0.125. The Kier molecular flexibility index (Phi) is 7.52. The molecule has 6 amide bonds. The van der Waals surface area contributed by atoms with Gasteiger partial charge in [0.25, 0.3) is 11.8 Å². The lowest BCUT2D eigenvalue weighted by Crippen LogP contribution is -2.50. The fourth-order valence-electron chi connectivity index (χ4n) is 5.50. The first-order valence-corrected chi connectivity index (χ1v) is 13.2. The van der Waals surface area contributed by atoms with Crippen molar-refractivity contribution in [3.05, 3.63) is 24.3 Å². The zero-order valence-electron chi connectivity index (χ0n) is 21.0. The molecule has 12 heteroatoms. The van der Waals surface area contributed by atoms with E-state index in [2.05, 4.69) is 21.3 Å². The summed E-state index contributed by atoms with van der Waals surface area (Å²) in [6, 6.07) is 3.42. The van der Waals surface area contributed by atoms with Crippen molar-refractivity contribution in [3.63, 3.8) is 0 Å². The molecule has 1 aromatic carbocycles. The number of benzene rings is 1. The summed E-state index contributed by atoms with van der Waals surface area (Å²) in [4.78, 5) is 78.2. The SMILES string of the molecule is O=C1NCCCC[C@@H]1N[C@H]1CC(=O)N(c2ccc(N3C(=O)C[C@H](N[C@@H]4CCCCNC4=O)C3=O)cc2)C1=O. The fraction of sp³-hybridized carbons (Fsp3) is 0.538. The van der Waals surface area contributed by atoms with Crippen LogP contribution in [0.15, 0.2) is 24.3 Å². The molecule has 4 aliphatic heterocycles. The summed E-state index contributed by atoms with van der Waals surface area (Å²) in [6.45, 7) is 1.20. The van der Waals surface area contributed by atoms with Crippen LogP contribution in [0.1, 0.15) is 51.4 Å². The molecule has 4 atom stereocenters. The van der Waals surface area contributed by atoms with E-state index in [1.807, 2.05) is 0 Å². The third-order valence-electron chi connectivity index (χ3n) is 7.53. The Morgan fingerprint density at radius 2 is 0.974 bits per heavy atom. The average molecular weight is 525 g/mol. The average Bonchev–Trinajstić information content (AvgIpc) is 3.12. The second-order valence-corrected chi connectivity index (χ2v) is 10.2. The Hall–Kier alpha value is -3.64. The second-order valence-electron chi connectivity index (χ2n) is 10.2. The van der Waals surface area contributed by atoms with E-state index in [-0.39, 0.29) is 24.7 Å². The fourth-order valence-corrected chi connectivity index (χ4v) is 5.50. The van der Waals surface area contributed by atoms with Gasteiger partial charge in [-0.1, -0.05) is 0 Å². The summed E-state index contributed by atoms with van der Waals surface area (Å²) in [5.41, 5.74) is 0.643. The lowest BCUT2D eigenvalue weighted by Gasteiger charge is -2.21. The first-order chi connectivity index (χ1) is 18.3. The van der Waals surface area contributed by atoms with Crippen molar-refractivity contribution in [1.82, 2.24) is 21.3 Å². The number of nitrogens with zero attached hydrogens (tertiary/aromatic N) is 2. The summed E-state index contributed by atoms with van der Waals surface area (Å²) in [6.07, 6.45) is 4.49. The van der Waals surface area contributed by atoms with E-state index in [9.17, 15) is 28.8 Å². The number of carbonyl (C=O) groups is 6. The Balaban J connectivity index is 1.25. The summed E-state index contributed by atoms with van der Waals surface area (Å²) in [5, 5.41) is 11.7. The molecule has 4 fully saturated rings. The van der Waals surface area contributed by atoms with Crippen molar-refractivity contribution < 1.29 is 28.8 Å². The molecule has 4 aliphatic rings. The molecule has 5 rings (SSSR count). The molecule has 12 nitrogen and oxygen atoms in total. The number of hydrogen-bond acceptors (Lipinski definition) is 8. The van der Waals surface area contributed by atoms with Crippen molar-refractivity contribution in [1.29, 1.82) is 0 Å². The quantitative estimate of drug-likeness (QED) is 0.362. The van der Waals surface area contributed by atoms with Crippen molar-refractivity contribution in [3.8, 4) is 0 Å². The molecule has 0 bridgehead atoms. The van der Waals surface area contributed by atoms with Crippen LogP contribution in [-0.2, 0) is 28.8 Å². The van der Waals surface area contributed by atoms with E-state index in [1.54, 1.807) is 0 Å². The number of nitrogens with one attached hydrogen (secondary N) is 4. The van der Waals surface area contributed by atoms with Crippen molar-refractivity contribution in [2.75, 3.05) is 22.9 Å². The van der Waals surface area contributed by atoms with E-state index < -0.39 is 47.8 Å². The third kappa shape index (κ3) is 5.18. The highest BCUT2D eigenvalue weighted by molar-refractivity contribution is 6.24. The zero-order chi connectivity index (χ0) is 26.8. The normalized spacial score (nSPS) is 28.8. The smallest absolute Gasteiger partial charge is 0.251 e. The minimum atomic E-state index is -0.800. The van der Waals surface area contributed by atoms with E-state index in [1.165, 1.54) is 24.3 Å². The van der Waals surface area contributed by atoms with Crippen LogP contribution >= 0.6 is 0 Å². The van der Waals surface area contributed by atoms with Crippen molar-refractivity contribution >= 4 is 46.8 Å². The van der Waals surface area contributed by atoms with Crippen LogP contribution in [-0.4, -0.2) is 72.7 Å². The van der Waals surface area contributed by atoms with E-state index >= 15 is 0 Å². The molecular formula is C26H32N6O6.